The second kappa shape index (κ2) is 16.9. The second-order valence-electron chi connectivity index (χ2n) is 12.8. The minimum absolute atomic E-state index is 0.0380. The fourth-order valence-corrected chi connectivity index (χ4v) is 7.16. The first-order chi connectivity index (χ1) is 25.9. The number of hydrogen-bond donors (Lipinski definition) is 3. The summed E-state index contributed by atoms with van der Waals surface area (Å²) in [5.41, 5.74) is 3.71. The van der Waals surface area contributed by atoms with E-state index >= 15 is 0 Å². The molecule has 7 nitrogen and oxygen atoms in total. The number of hydrogen-bond acceptors (Lipinski definition) is 6. The molecular formula is C41H35F5N2O5S. The molecule has 0 radical (unpaired) electrons. The van der Waals surface area contributed by atoms with Gasteiger partial charge in [-0.05, 0) is 58.1 Å². The maximum Gasteiger partial charge on any atom is 0.257 e. The van der Waals surface area contributed by atoms with Crippen LogP contribution in [0, 0.1) is 35.0 Å². The summed E-state index contributed by atoms with van der Waals surface area (Å²) < 4.78 is 82.1. The summed E-state index contributed by atoms with van der Waals surface area (Å²) in [4.78, 5) is 24.9. The summed E-state index contributed by atoms with van der Waals surface area (Å²) in [5, 5.41) is 14.6. The number of thioether (sulfide) groups is 1. The number of aliphatic hydroxyl groups excluding tert-OH is 1. The highest BCUT2D eigenvalue weighted by Gasteiger charge is 2.38. The van der Waals surface area contributed by atoms with Gasteiger partial charge in [0.1, 0.15) is 5.56 Å². The van der Waals surface area contributed by atoms with Gasteiger partial charge in [0.15, 0.2) is 29.6 Å². The molecule has 54 heavy (non-hydrogen) atoms. The number of amides is 2. The van der Waals surface area contributed by atoms with Crippen molar-refractivity contribution in [2.24, 2.45) is 5.92 Å². The number of anilines is 1. The van der Waals surface area contributed by atoms with Gasteiger partial charge in [-0.15, -0.1) is 11.8 Å². The molecule has 5 aromatic rings. The van der Waals surface area contributed by atoms with Gasteiger partial charge in [-0.25, -0.2) is 22.0 Å². The van der Waals surface area contributed by atoms with E-state index in [4.69, 9.17) is 9.47 Å². The molecule has 280 valence electrons. The molecule has 1 aliphatic heterocycles. The van der Waals surface area contributed by atoms with E-state index in [1.165, 1.54) is 6.92 Å². The van der Waals surface area contributed by atoms with E-state index in [1.54, 1.807) is 30.0 Å². The largest absolute Gasteiger partial charge is 0.392 e. The lowest BCUT2D eigenvalue weighted by atomic mass is 9.91. The van der Waals surface area contributed by atoms with Crippen molar-refractivity contribution in [3.8, 4) is 11.1 Å². The Hall–Kier alpha value is -5.08. The summed E-state index contributed by atoms with van der Waals surface area (Å²) >= 11 is 1.63. The van der Waals surface area contributed by atoms with Crippen LogP contribution in [-0.2, 0) is 27.4 Å². The van der Waals surface area contributed by atoms with E-state index in [0.29, 0.717) is 17.0 Å². The predicted molar refractivity (Wildman–Crippen MR) is 194 cm³/mol. The zero-order valence-electron chi connectivity index (χ0n) is 29.0. The Balaban J connectivity index is 1.17. The molecule has 13 heteroatoms. The molecule has 1 saturated heterocycles. The van der Waals surface area contributed by atoms with Crippen LogP contribution in [0.4, 0.5) is 27.6 Å². The number of ether oxygens (including phenoxy) is 2. The molecule has 1 aliphatic rings. The average molecular weight is 763 g/mol. The Morgan fingerprint density at radius 2 is 1.37 bits per heavy atom. The molecule has 0 bridgehead atoms. The van der Waals surface area contributed by atoms with Gasteiger partial charge >= 0.3 is 0 Å². The third kappa shape index (κ3) is 8.65. The minimum Gasteiger partial charge on any atom is -0.392 e. The molecule has 2 amide bonds. The Bertz CT molecular complexity index is 2110. The van der Waals surface area contributed by atoms with Gasteiger partial charge in [0.05, 0.1) is 18.8 Å². The van der Waals surface area contributed by atoms with Crippen molar-refractivity contribution in [1.29, 1.82) is 0 Å². The van der Waals surface area contributed by atoms with Crippen molar-refractivity contribution in [2.45, 2.75) is 50.4 Å². The summed E-state index contributed by atoms with van der Waals surface area (Å²) in [5.74, 6) is -12.2. The van der Waals surface area contributed by atoms with Crippen molar-refractivity contribution >= 4 is 29.3 Å². The Kier molecular flexibility index (Phi) is 12.1. The molecule has 1 fully saturated rings. The topological polar surface area (TPSA) is 96.9 Å². The third-order valence-electron chi connectivity index (χ3n) is 9.05. The number of carbonyl (C=O) groups excluding carboxylic acids is 2. The van der Waals surface area contributed by atoms with E-state index in [1.807, 2.05) is 78.9 Å². The first-order valence-corrected chi connectivity index (χ1v) is 17.9. The normalized spacial score (nSPS) is 18.3. The maximum atomic E-state index is 14.1. The van der Waals surface area contributed by atoms with Crippen LogP contribution < -0.4 is 10.6 Å². The molecule has 0 aromatic heterocycles. The quantitative estimate of drug-likeness (QED) is 0.0538. The molecule has 1 heterocycles. The van der Waals surface area contributed by atoms with Crippen LogP contribution in [0.15, 0.2) is 102 Å². The van der Waals surface area contributed by atoms with E-state index in [2.05, 4.69) is 17.6 Å². The minimum atomic E-state index is -2.34. The van der Waals surface area contributed by atoms with Gasteiger partial charge in [0, 0.05) is 41.3 Å². The van der Waals surface area contributed by atoms with E-state index in [9.17, 15) is 36.6 Å². The first kappa shape index (κ1) is 38.6. The molecular weight excluding hydrogens is 728 g/mol. The summed E-state index contributed by atoms with van der Waals surface area (Å²) in [6, 6.07) is 29.6. The monoisotopic (exact) mass is 762 g/mol. The van der Waals surface area contributed by atoms with Crippen LogP contribution in [0.3, 0.4) is 0 Å². The Morgan fingerprint density at radius 3 is 2.00 bits per heavy atom. The number of halogens is 5. The summed E-state index contributed by atoms with van der Waals surface area (Å²) in [7, 11) is 0. The zero-order valence-corrected chi connectivity index (χ0v) is 29.9. The smallest absolute Gasteiger partial charge is 0.257 e. The van der Waals surface area contributed by atoms with Gasteiger partial charge in [-0.3, -0.25) is 9.59 Å². The second-order valence-corrected chi connectivity index (χ2v) is 13.9. The number of rotatable bonds is 11. The van der Waals surface area contributed by atoms with Crippen LogP contribution in [-0.4, -0.2) is 28.8 Å². The molecule has 0 spiro atoms. The first-order valence-electron chi connectivity index (χ1n) is 16.9. The lowest BCUT2D eigenvalue weighted by molar-refractivity contribution is -0.268. The van der Waals surface area contributed by atoms with E-state index in [-0.39, 0.29) is 37.2 Å². The van der Waals surface area contributed by atoms with Crippen LogP contribution in [0.1, 0.15) is 58.9 Å². The van der Waals surface area contributed by atoms with Gasteiger partial charge in [-0.1, -0.05) is 73.7 Å². The highest BCUT2D eigenvalue weighted by Crippen LogP contribution is 2.43. The lowest BCUT2D eigenvalue weighted by Crippen LogP contribution is -2.38. The lowest BCUT2D eigenvalue weighted by Gasteiger charge is -2.41. The van der Waals surface area contributed by atoms with Crippen molar-refractivity contribution in [2.75, 3.05) is 11.1 Å². The number of aliphatic hydroxyl groups is 1. The predicted octanol–water partition coefficient (Wildman–Crippen LogP) is 9.01. The molecule has 5 aromatic carbocycles. The number of benzene rings is 5. The van der Waals surface area contributed by atoms with E-state index in [0.717, 1.165) is 32.7 Å². The number of nitrogens with one attached hydrogen (secondary N) is 2. The molecule has 3 N–H and O–H groups in total. The molecule has 0 aliphatic carbocycles. The average Bonchev–Trinajstić information content (AvgIpc) is 3.19. The molecule has 0 unspecified atom stereocenters. The van der Waals surface area contributed by atoms with Crippen molar-refractivity contribution < 1.29 is 46.1 Å². The standard InChI is InChI=1S/C41H35F5N2O5S/c1-22-32(21-54-31-16-14-30(15-17-31)48-23(2)50)52-41(53-39(22)27-8-6-24(20-49)7-9-27)28-12-10-26(11-13-28)29-5-3-4-25(18-29)19-47-40(51)33-34(42)36(44)38(46)37(45)35(33)43/h3-18,22,32,39,41,49H,19-21H2,1-2H3,(H,47,51)(H,48,50)/t22-,32+,39+,41+/m1/s1. The molecule has 0 saturated carbocycles. The molecule has 4 atom stereocenters. The third-order valence-corrected chi connectivity index (χ3v) is 10.1. The van der Waals surface area contributed by atoms with Crippen LogP contribution in [0.2, 0.25) is 0 Å². The highest BCUT2D eigenvalue weighted by atomic mass is 32.2. The SMILES string of the molecule is CC(=O)Nc1ccc(SC[C@@H]2O[C@H](c3ccc(-c4cccc(CNC(=O)c5c(F)c(F)c(F)c(F)c5F)c4)cc3)O[C@H](c3ccc(CO)cc3)[C@@H]2C)cc1. The van der Waals surface area contributed by atoms with Gasteiger partial charge in [-0.2, -0.15) is 0 Å². The maximum absolute atomic E-state index is 14.1. The van der Waals surface area contributed by atoms with Crippen molar-refractivity contribution in [3.05, 3.63) is 154 Å². The Labute approximate surface area is 312 Å². The van der Waals surface area contributed by atoms with Crippen LogP contribution in [0.5, 0.6) is 0 Å². The van der Waals surface area contributed by atoms with Crippen molar-refractivity contribution in [3.63, 3.8) is 0 Å². The van der Waals surface area contributed by atoms with Crippen molar-refractivity contribution in [1.82, 2.24) is 5.32 Å². The summed E-state index contributed by atoms with van der Waals surface area (Å²) in [6.07, 6.45) is -1.25. The summed E-state index contributed by atoms with van der Waals surface area (Å²) in [6.45, 7) is 3.22. The fraction of sp³-hybridized carbons (Fsp3) is 0.220. The van der Waals surface area contributed by atoms with Crippen LogP contribution >= 0.6 is 11.8 Å². The number of carbonyl (C=O) groups is 2. The van der Waals surface area contributed by atoms with E-state index < -0.39 is 46.8 Å². The fourth-order valence-electron chi connectivity index (χ4n) is 6.09. The zero-order chi connectivity index (χ0) is 38.5. The Morgan fingerprint density at radius 1 is 0.741 bits per heavy atom. The van der Waals surface area contributed by atoms with Gasteiger partial charge < -0.3 is 25.2 Å². The highest BCUT2D eigenvalue weighted by molar-refractivity contribution is 7.99. The van der Waals surface area contributed by atoms with Gasteiger partial charge in [0.25, 0.3) is 5.91 Å². The molecule has 6 rings (SSSR count). The van der Waals surface area contributed by atoms with Crippen LogP contribution in [0.25, 0.3) is 11.1 Å². The van der Waals surface area contributed by atoms with Gasteiger partial charge in [0.2, 0.25) is 11.7 Å².